The second kappa shape index (κ2) is 69.6. The number of hydroxylamine groups is 1. The molecule has 21 N–H and O–H groups in total. The number of hydrogen-bond donors (Lipinski definition) is 18. The van der Waals surface area contributed by atoms with E-state index in [2.05, 4.69) is 78.8 Å². The van der Waals surface area contributed by atoms with E-state index in [4.69, 9.17) is 69.4 Å². The Balaban J connectivity index is 0.00000344. The highest BCUT2D eigenvalue weighted by atomic mass is 33.1. The van der Waals surface area contributed by atoms with Gasteiger partial charge in [-0.05, 0) is 72.3 Å². The van der Waals surface area contributed by atoms with Crippen molar-refractivity contribution in [3.05, 3.63) is 35.9 Å². The summed E-state index contributed by atoms with van der Waals surface area (Å²) in [6.45, 7) is 12.0. The molecule has 2 heterocycles. The fourth-order valence-electron chi connectivity index (χ4n) is 10.2. The molecular formula is C75H126N18O29S3. The van der Waals surface area contributed by atoms with Gasteiger partial charge in [0.2, 0.25) is 82.7 Å². The van der Waals surface area contributed by atoms with Gasteiger partial charge in [0, 0.05) is 76.2 Å². The van der Waals surface area contributed by atoms with Gasteiger partial charge in [0.1, 0.15) is 74.3 Å². The maximum Gasteiger partial charge on any atom is 0.431 e. The van der Waals surface area contributed by atoms with Gasteiger partial charge in [-0.15, -0.1) is 11.8 Å². The Morgan fingerprint density at radius 2 is 0.920 bits per heavy atom. The van der Waals surface area contributed by atoms with E-state index >= 15 is 0 Å². The molecule has 0 unspecified atom stereocenters. The largest absolute Gasteiger partial charge is 0.481 e. The first-order valence-corrected chi connectivity index (χ1v) is 44.1. The molecule has 0 radical (unpaired) electrons. The predicted octanol–water partition coefficient (Wildman–Crippen LogP) is -6.71. The van der Waals surface area contributed by atoms with Crippen molar-refractivity contribution in [1.29, 1.82) is 0 Å². The van der Waals surface area contributed by atoms with Crippen molar-refractivity contribution in [3.8, 4) is 0 Å². The Labute approximate surface area is 737 Å². The third kappa shape index (κ3) is 59.9. The zero-order chi connectivity index (χ0) is 92.3. The van der Waals surface area contributed by atoms with E-state index in [-0.39, 0.29) is 153 Å². The molecule has 2 aliphatic heterocycles. The minimum atomic E-state index is -1.83. The summed E-state index contributed by atoms with van der Waals surface area (Å²) in [5.41, 5.74) is 17.7. The zero-order valence-corrected chi connectivity index (χ0v) is 73.7. The van der Waals surface area contributed by atoms with Crippen LogP contribution in [0, 0.1) is 0 Å². The lowest BCUT2D eigenvalue weighted by Crippen LogP contribution is -2.60. The lowest BCUT2D eigenvalue weighted by atomic mass is 10.0. The Kier molecular flexibility index (Phi) is 62.1. The monoisotopic (exact) mass is 1840 g/mol. The van der Waals surface area contributed by atoms with Gasteiger partial charge in [0.25, 0.3) is 0 Å². The number of carbonyl (C=O) groups is 16. The molecule has 2 aliphatic rings. The molecule has 0 aliphatic carbocycles. The van der Waals surface area contributed by atoms with Crippen LogP contribution >= 0.6 is 33.3 Å². The second-order valence-electron chi connectivity index (χ2n) is 27.7. The maximum atomic E-state index is 14.6. The van der Waals surface area contributed by atoms with Gasteiger partial charge in [-0.3, -0.25) is 81.7 Å². The molecule has 7 atom stereocenters. The number of hydrogen-bond acceptors (Lipinski definition) is 32. The second-order valence-corrected chi connectivity index (χ2v) is 31.3. The molecule has 0 aromatic heterocycles. The van der Waals surface area contributed by atoms with Crippen LogP contribution in [0.1, 0.15) is 78.7 Å². The van der Waals surface area contributed by atoms with Crippen molar-refractivity contribution in [2.75, 3.05) is 208 Å². The quantitative estimate of drug-likeness (QED) is 0.00948. The van der Waals surface area contributed by atoms with Crippen LogP contribution in [-0.4, -0.2) is 361 Å². The number of carboxylic acid groups (broad SMARTS) is 1. The summed E-state index contributed by atoms with van der Waals surface area (Å²) in [6, 6.07) is -2.14. The van der Waals surface area contributed by atoms with Crippen molar-refractivity contribution in [2.45, 2.75) is 127 Å². The highest BCUT2D eigenvalue weighted by Gasteiger charge is 2.36. The molecule has 2 fully saturated rings. The van der Waals surface area contributed by atoms with Gasteiger partial charge >= 0.3 is 12.1 Å². The molecule has 1 aromatic carbocycles. The number of fused-ring (bicyclic) bond motifs is 5. The maximum absolute atomic E-state index is 14.6. The first-order valence-electron chi connectivity index (χ1n) is 40.4. The normalized spacial score (nSPS) is 18.3. The molecule has 125 heavy (non-hydrogen) atoms. The fourth-order valence-corrected chi connectivity index (χ4v) is 13.3. The van der Waals surface area contributed by atoms with E-state index < -0.39 is 175 Å². The van der Waals surface area contributed by atoms with Crippen molar-refractivity contribution in [3.63, 3.8) is 0 Å². The minimum Gasteiger partial charge on any atom is -0.481 e. The van der Waals surface area contributed by atoms with Crippen LogP contribution in [0.3, 0.4) is 0 Å². The highest BCUT2D eigenvalue weighted by molar-refractivity contribution is 8.76. The molecule has 15 amide bonds. The number of primary amides is 1. The first-order chi connectivity index (χ1) is 59.9. The third-order valence-electron chi connectivity index (χ3n) is 16.0. The van der Waals surface area contributed by atoms with E-state index in [1.807, 2.05) is 19.3 Å². The number of guanidine groups is 1. The molecular weight excluding hydrogens is 1710 g/mol. The van der Waals surface area contributed by atoms with Crippen LogP contribution in [0.15, 0.2) is 35.3 Å². The van der Waals surface area contributed by atoms with Crippen LogP contribution in [-0.2, 0) is 135 Å². The van der Waals surface area contributed by atoms with Gasteiger partial charge < -0.3 is 144 Å². The number of aliphatic carboxylic acids is 1. The van der Waals surface area contributed by atoms with Crippen LogP contribution < -0.4 is 91.8 Å². The first kappa shape index (κ1) is 111. The molecule has 0 saturated carbocycles. The highest BCUT2D eigenvalue weighted by Crippen LogP contribution is 2.24. The summed E-state index contributed by atoms with van der Waals surface area (Å²) < 4.78 is 58.1. The van der Waals surface area contributed by atoms with E-state index in [1.165, 1.54) is 0 Å². The Bertz CT molecular complexity index is 3450. The number of unbranched alkanes of at least 4 members (excludes halogenated alkanes) is 1. The van der Waals surface area contributed by atoms with Crippen LogP contribution in [0.2, 0.25) is 0 Å². The van der Waals surface area contributed by atoms with Crippen molar-refractivity contribution < 1.29 is 139 Å². The molecule has 50 heteroatoms. The average Bonchev–Trinajstić information content (AvgIpc) is 1.59. The van der Waals surface area contributed by atoms with Crippen molar-refractivity contribution >= 4 is 134 Å². The molecule has 2 saturated heterocycles. The number of carboxylic acids is 1. The van der Waals surface area contributed by atoms with E-state index in [0.717, 1.165) is 33.3 Å². The smallest absolute Gasteiger partial charge is 0.431 e. The number of nitrogens with zero attached hydrogens (tertiary/aromatic N) is 1. The summed E-state index contributed by atoms with van der Waals surface area (Å²) >= 11 is 0.899. The summed E-state index contributed by atoms with van der Waals surface area (Å²) in [5.74, 6) is -13.7. The average molecular weight is 1840 g/mol. The minimum absolute atomic E-state index is 0.00560. The number of carbonyl (C=O) groups excluding carboxylic acids is 15. The molecule has 2 bridgehead atoms. The SMILES string of the molecule is CCOCCNC(=O)COCC(N)=O.CCOCCOCCNC(=O)[C@@H]1CSCC(=O)N[C@@H](CCCCNC(=O)COCC(=O)NCCOCCOCCOCCOCCOCCNC(=O)CONC(=O)OC(C)(C)C)C(=O)N[C@H]2CSSC[C@H](NC(=O)[C@H](CC(=O)O)NC(=O)CNC(=O)[C@H](CCCN=C(N)N)NC2=O)C(=O)N[C@@H](Cc2ccccc2)C(=O)N1. The van der Waals surface area contributed by atoms with Gasteiger partial charge in [-0.2, -0.15) is 5.48 Å². The van der Waals surface area contributed by atoms with Gasteiger partial charge in [-0.1, -0.05) is 51.9 Å². The van der Waals surface area contributed by atoms with E-state index in [0.29, 0.717) is 78.2 Å². The van der Waals surface area contributed by atoms with Crippen LogP contribution in [0.5, 0.6) is 0 Å². The van der Waals surface area contributed by atoms with Crippen LogP contribution in [0.25, 0.3) is 0 Å². The summed E-state index contributed by atoms with van der Waals surface area (Å²) in [4.78, 5) is 218. The number of nitrogens with two attached hydrogens (primary N) is 3. The van der Waals surface area contributed by atoms with Gasteiger partial charge in [0.15, 0.2) is 12.6 Å². The number of aliphatic imine (C=N–C) groups is 1. The number of amides is 15. The van der Waals surface area contributed by atoms with E-state index in [1.54, 1.807) is 51.1 Å². The number of rotatable bonds is 54. The van der Waals surface area contributed by atoms with Gasteiger partial charge in [-0.25, -0.2) is 4.79 Å². The lowest BCUT2D eigenvalue weighted by Gasteiger charge is -2.27. The molecule has 47 nitrogen and oxygen atoms in total. The number of nitrogens with one attached hydrogen (secondary N) is 14. The Hall–Kier alpha value is -9.58. The molecule has 1 aromatic rings. The predicted molar refractivity (Wildman–Crippen MR) is 454 cm³/mol. The Morgan fingerprint density at radius 3 is 1.44 bits per heavy atom. The fraction of sp³-hybridized carbons (Fsp3) is 0.693. The lowest BCUT2D eigenvalue weighted by molar-refractivity contribution is -0.141. The van der Waals surface area contributed by atoms with E-state index in [9.17, 15) is 81.8 Å². The number of benzene rings is 1. The Morgan fingerprint density at radius 1 is 0.472 bits per heavy atom. The van der Waals surface area contributed by atoms with Crippen molar-refractivity contribution in [2.24, 2.45) is 22.2 Å². The molecule has 0 spiro atoms. The molecule has 708 valence electrons. The summed E-state index contributed by atoms with van der Waals surface area (Å²) in [6.07, 6.45) is -1.69. The topological polar surface area (TPSA) is 663 Å². The standard InChI is InChI=1S/C67H110N16O25S3.C8H16N2O4/c1-5-99-24-25-102-23-20-73-59(92)49-40-109-43-56(88)76-46(14-9-10-16-70-53(85)37-106-38-54(86)71-18-21-100-26-28-103-30-32-105-33-31-104-29-27-101-22-19-72-55(87)39-107-83-66(98)108-67(2,3)4)60(93)81-50-41-110-111-42-51(64(97)79-47(61(94)80-49)34-44-12-7-6-8-13-44)82-62(95)48(35-57(89)90)77-52(84)36-75-58(91)45(78-63(50)96)15-11-17-74-65(68)69;1-2-13-4-3-10-8(12)6-14-5-7(9)11/h6-8,12-13,45-51H,5,9-11,14-43H2,1-4H3,(H,70,85)(H,71,86)(H,72,87)(H,73,92)(H,75,91)(H,76,88)(H,77,84)(H,78,96)(H,79,97)(H,80,94)(H,81,93)(H,82,95)(H,83,98)(H,89,90)(H4,68,69,74);2-6H2,1H3,(H2,9,11)(H,10,12)/t45-,46-,47-,48-,49-,50-,51-;/m0./s1. The zero-order valence-electron chi connectivity index (χ0n) is 71.3. The summed E-state index contributed by atoms with van der Waals surface area (Å²) in [7, 11) is 1.81. The van der Waals surface area contributed by atoms with Crippen LogP contribution in [0.4, 0.5) is 4.79 Å². The van der Waals surface area contributed by atoms with Gasteiger partial charge in [0.05, 0.1) is 111 Å². The number of ether oxygens (including phenoxy) is 11. The third-order valence-corrected chi connectivity index (χ3v) is 19.5. The van der Waals surface area contributed by atoms with Crippen molar-refractivity contribution in [1.82, 2.24) is 74.6 Å². The molecule has 3 rings (SSSR count). The summed E-state index contributed by atoms with van der Waals surface area (Å²) in [5, 5.41) is 43.4. The number of thioether (sulfide) groups is 1.